The summed E-state index contributed by atoms with van der Waals surface area (Å²) < 4.78 is 0. The maximum atomic E-state index is 10.8. The third-order valence-electron chi connectivity index (χ3n) is 2.68. The summed E-state index contributed by atoms with van der Waals surface area (Å²) in [5.74, 6) is 0.304. The van der Waals surface area contributed by atoms with E-state index in [9.17, 15) is 9.59 Å². The third-order valence-corrected chi connectivity index (χ3v) is 2.68. The van der Waals surface area contributed by atoms with Crippen LogP contribution in [-0.2, 0) is 9.59 Å². The predicted octanol–water partition coefficient (Wildman–Crippen LogP) is 0.566. The maximum Gasteiger partial charge on any atom is 0.217 e. The van der Waals surface area contributed by atoms with Crippen molar-refractivity contribution in [1.82, 2.24) is 10.2 Å². The number of Topliss-reactive ketones (excluding diaryl/α,β-unsaturated/α-hetero) is 1. The average molecular weight is 212 g/mol. The van der Waals surface area contributed by atoms with Gasteiger partial charge in [-0.2, -0.15) is 0 Å². The number of carbonyl (C=O) groups is 2. The van der Waals surface area contributed by atoms with E-state index in [4.69, 9.17) is 0 Å². The largest absolute Gasteiger partial charge is 0.352 e. The number of hydrogen-bond donors (Lipinski definition) is 1. The molecule has 1 fully saturated rings. The molecule has 0 aliphatic carbocycles. The van der Waals surface area contributed by atoms with Crippen LogP contribution in [-0.4, -0.2) is 42.3 Å². The van der Waals surface area contributed by atoms with Gasteiger partial charge in [-0.25, -0.2) is 0 Å². The van der Waals surface area contributed by atoms with E-state index in [0.29, 0.717) is 12.5 Å². The van der Waals surface area contributed by atoms with Gasteiger partial charge in [-0.15, -0.1) is 0 Å². The highest BCUT2D eigenvalue weighted by atomic mass is 16.1. The van der Waals surface area contributed by atoms with Crippen LogP contribution in [0.2, 0.25) is 0 Å². The van der Waals surface area contributed by atoms with Crippen molar-refractivity contribution in [3.05, 3.63) is 0 Å². The number of hydrogen-bond acceptors (Lipinski definition) is 3. The zero-order valence-electron chi connectivity index (χ0n) is 9.58. The minimum absolute atomic E-state index is 0.0468. The van der Waals surface area contributed by atoms with Crippen molar-refractivity contribution >= 4 is 11.7 Å². The zero-order valence-corrected chi connectivity index (χ0v) is 9.58. The molecule has 4 heteroatoms. The molecule has 1 aliphatic rings. The number of ketones is 1. The van der Waals surface area contributed by atoms with Gasteiger partial charge in [-0.3, -0.25) is 4.79 Å². The molecule has 0 bridgehead atoms. The first-order valence-electron chi connectivity index (χ1n) is 5.57. The van der Waals surface area contributed by atoms with Gasteiger partial charge in [0.15, 0.2) is 0 Å². The summed E-state index contributed by atoms with van der Waals surface area (Å²) in [6, 6.07) is 0.305. The van der Waals surface area contributed by atoms with Gasteiger partial charge < -0.3 is 15.0 Å². The van der Waals surface area contributed by atoms with Gasteiger partial charge in [0.05, 0.1) is 0 Å². The number of carbonyl (C=O) groups excluding carboxylic acids is 2. The molecule has 86 valence electrons. The molecule has 0 spiro atoms. The fraction of sp³-hybridized carbons (Fsp3) is 0.818. The highest BCUT2D eigenvalue weighted by Gasteiger charge is 2.22. The average Bonchev–Trinajstić information content (AvgIpc) is 2.50. The van der Waals surface area contributed by atoms with Gasteiger partial charge in [-0.05, 0) is 26.3 Å². The summed E-state index contributed by atoms with van der Waals surface area (Å²) in [6.45, 7) is 6.11. The molecule has 4 nitrogen and oxygen atoms in total. The molecule has 1 heterocycles. The van der Waals surface area contributed by atoms with Crippen LogP contribution in [0.3, 0.4) is 0 Å². The van der Waals surface area contributed by atoms with Crippen LogP contribution in [0.5, 0.6) is 0 Å². The van der Waals surface area contributed by atoms with Crippen LogP contribution in [0.4, 0.5) is 0 Å². The second-order valence-electron chi connectivity index (χ2n) is 4.29. The number of amides is 1. The first-order chi connectivity index (χ1) is 7.08. The normalized spacial score (nSPS) is 21.6. The topological polar surface area (TPSA) is 49.4 Å². The van der Waals surface area contributed by atoms with Gasteiger partial charge in [0.2, 0.25) is 5.91 Å². The van der Waals surface area contributed by atoms with Crippen LogP contribution in [0.15, 0.2) is 0 Å². The first-order valence-corrected chi connectivity index (χ1v) is 5.57. The molecule has 0 saturated carbocycles. The van der Waals surface area contributed by atoms with Gasteiger partial charge in [0.25, 0.3) is 0 Å². The molecule has 1 saturated heterocycles. The lowest BCUT2D eigenvalue weighted by molar-refractivity contribution is -0.119. The Kier molecular flexibility index (Phi) is 4.75. The molecule has 0 aromatic heterocycles. The van der Waals surface area contributed by atoms with Crippen molar-refractivity contribution in [1.29, 1.82) is 0 Å². The fourth-order valence-corrected chi connectivity index (χ4v) is 1.99. The minimum atomic E-state index is 0.0468. The monoisotopic (exact) mass is 212 g/mol. The van der Waals surface area contributed by atoms with E-state index in [1.807, 2.05) is 0 Å². The number of nitrogens with zero attached hydrogens (tertiary/aromatic N) is 1. The minimum Gasteiger partial charge on any atom is -0.352 e. The van der Waals surface area contributed by atoms with Gasteiger partial charge in [0, 0.05) is 32.5 Å². The molecule has 0 aromatic rings. The van der Waals surface area contributed by atoms with E-state index >= 15 is 0 Å². The molecule has 1 atom stereocenters. The smallest absolute Gasteiger partial charge is 0.217 e. The van der Waals surface area contributed by atoms with Crippen molar-refractivity contribution in [2.24, 2.45) is 0 Å². The molecule has 1 amide bonds. The van der Waals surface area contributed by atoms with Crippen LogP contribution in [0, 0.1) is 0 Å². The molecule has 0 aromatic carbocycles. The lowest BCUT2D eigenvalue weighted by atomic mass is 10.2. The second kappa shape index (κ2) is 5.85. The van der Waals surface area contributed by atoms with Crippen molar-refractivity contribution in [3.8, 4) is 0 Å². The van der Waals surface area contributed by atoms with E-state index in [0.717, 1.165) is 32.5 Å². The van der Waals surface area contributed by atoms with E-state index in [2.05, 4.69) is 10.2 Å². The molecule has 15 heavy (non-hydrogen) atoms. The van der Waals surface area contributed by atoms with Crippen molar-refractivity contribution in [2.45, 2.75) is 39.2 Å². The summed E-state index contributed by atoms with van der Waals surface area (Å²) in [7, 11) is 0. The highest BCUT2D eigenvalue weighted by Crippen LogP contribution is 2.09. The Morgan fingerprint density at radius 1 is 1.40 bits per heavy atom. The Balaban J connectivity index is 2.13. The van der Waals surface area contributed by atoms with Crippen molar-refractivity contribution in [3.63, 3.8) is 0 Å². The molecule has 0 radical (unpaired) electrons. The first kappa shape index (κ1) is 12.2. The van der Waals surface area contributed by atoms with Crippen molar-refractivity contribution < 1.29 is 9.59 Å². The van der Waals surface area contributed by atoms with Crippen LogP contribution in [0.1, 0.15) is 33.1 Å². The lowest BCUT2D eigenvalue weighted by Crippen LogP contribution is -2.35. The van der Waals surface area contributed by atoms with E-state index in [-0.39, 0.29) is 11.7 Å². The Hall–Kier alpha value is -0.900. The molecule has 1 unspecified atom stereocenters. The third kappa shape index (κ3) is 4.93. The summed E-state index contributed by atoms with van der Waals surface area (Å²) in [6.07, 6.45) is 2.63. The van der Waals surface area contributed by atoms with Crippen LogP contribution < -0.4 is 5.32 Å². The standard InChI is InChI=1S/C11H20N2O2/c1-9(14)4-3-6-13-7-5-11(8-13)12-10(2)15/h11H,3-8H2,1-2H3,(H,12,15). The second-order valence-corrected chi connectivity index (χ2v) is 4.29. The van der Waals surface area contributed by atoms with Gasteiger partial charge >= 0.3 is 0 Å². The zero-order chi connectivity index (χ0) is 11.3. The predicted molar refractivity (Wildman–Crippen MR) is 58.6 cm³/mol. The van der Waals surface area contributed by atoms with Gasteiger partial charge in [0.1, 0.15) is 5.78 Å². The summed E-state index contributed by atoms with van der Waals surface area (Å²) in [5, 5.41) is 2.92. The lowest BCUT2D eigenvalue weighted by Gasteiger charge is -2.15. The summed E-state index contributed by atoms with van der Waals surface area (Å²) >= 11 is 0. The quantitative estimate of drug-likeness (QED) is 0.724. The SMILES string of the molecule is CC(=O)CCCN1CCC(NC(C)=O)C1. The van der Waals surface area contributed by atoms with E-state index < -0.39 is 0 Å². The summed E-state index contributed by atoms with van der Waals surface area (Å²) in [5.41, 5.74) is 0. The molecular formula is C11H20N2O2. The van der Waals surface area contributed by atoms with E-state index in [1.165, 1.54) is 0 Å². The molecule has 1 aliphatic heterocycles. The van der Waals surface area contributed by atoms with E-state index in [1.54, 1.807) is 13.8 Å². The number of nitrogens with one attached hydrogen (secondary N) is 1. The van der Waals surface area contributed by atoms with Crippen molar-refractivity contribution in [2.75, 3.05) is 19.6 Å². The Bertz CT molecular complexity index is 241. The maximum absolute atomic E-state index is 10.8. The fourth-order valence-electron chi connectivity index (χ4n) is 1.99. The number of likely N-dealkylation sites (tertiary alicyclic amines) is 1. The highest BCUT2D eigenvalue weighted by molar-refractivity contribution is 5.75. The molecule has 1 N–H and O–H groups in total. The summed E-state index contributed by atoms with van der Waals surface area (Å²) in [4.78, 5) is 23.9. The Labute approximate surface area is 91.0 Å². The number of rotatable bonds is 5. The van der Waals surface area contributed by atoms with Crippen LogP contribution >= 0.6 is 0 Å². The Morgan fingerprint density at radius 3 is 2.73 bits per heavy atom. The van der Waals surface area contributed by atoms with Gasteiger partial charge in [-0.1, -0.05) is 0 Å². The van der Waals surface area contributed by atoms with Crippen LogP contribution in [0.25, 0.3) is 0 Å². The molecule has 1 rings (SSSR count). The molecular weight excluding hydrogens is 192 g/mol. The Morgan fingerprint density at radius 2 is 2.13 bits per heavy atom.